The van der Waals surface area contributed by atoms with Gasteiger partial charge < -0.3 is 9.73 Å². The monoisotopic (exact) mass is 329 g/mol. The highest BCUT2D eigenvalue weighted by Crippen LogP contribution is 2.27. The van der Waals surface area contributed by atoms with E-state index in [1.165, 1.54) is 17.2 Å². The van der Waals surface area contributed by atoms with Crippen LogP contribution in [-0.2, 0) is 6.54 Å². The maximum absolute atomic E-state index is 13.2. The van der Waals surface area contributed by atoms with Crippen molar-refractivity contribution in [3.63, 3.8) is 0 Å². The van der Waals surface area contributed by atoms with E-state index in [1.807, 2.05) is 18.2 Å². The summed E-state index contributed by atoms with van der Waals surface area (Å²) in [6, 6.07) is 14.6. The second-order valence-electron chi connectivity index (χ2n) is 5.55. The van der Waals surface area contributed by atoms with Crippen LogP contribution in [-0.4, -0.2) is 0 Å². The second kappa shape index (κ2) is 6.47. The fourth-order valence-corrected chi connectivity index (χ4v) is 2.50. The highest BCUT2D eigenvalue weighted by atomic mass is 35.5. The van der Waals surface area contributed by atoms with Crippen molar-refractivity contribution in [2.24, 2.45) is 0 Å². The van der Waals surface area contributed by atoms with E-state index in [1.54, 1.807) is 12.1 Å². The van der Waals surface area contributed by atoms with E-state index in [-0.39, 0.29) is 5.02 Å². The molecule has 1 N–H and O–H groups in total. The predicted molar refractivity (Wildman–Crippen MR) is 92.4 cm³/mol. The third kappa shape index (κ3) is 3.57. The summed E-state index contributed by atoms with van der Waals surface area (Å²) in [5, 5.41) is 3.43. The highest BCUT2D eigenvalue weighted by molar-refractivity contribution is 6.31. The molecule has 118 valence electrons. The van der Waals surface area contributed by atoms with Crippen LogP contribution >= 0.6 is 11.6 Å². The minimum absolute atomic E-state index is 0.0914. The Kier molecular flexibility index (Phi) is 4.39. The lowest BCUT2D eigenvalue weighted by molar-refractivity contribution is 0.531. The number of anilines is 1. The second-order valence-corrected chi connectivity index (χ2v) is 5.95. The molecule has 0 atom stereocenters. The van der Waals surface area contributed by atoms with Gasteiger partial charge in [0.25, 0.3) is 0 Å². The van der Waals surface area contributed by atoms with Gasteiger partial charge in [-0.2, -0.15) is 0 Å². The van der Waals surface area contributed by atoms with Gasteiger partial charge in [-0.05, 0) is 67.4 Å². The molecule has 0 aliphatic heterocycles. The van der Waals surface area contributed by atoms with Crippen LogP contribution in [0.4, 0.5) is 10.1 Å². The third-order valence-corrected chi connectivity index (χ3v) is 4.13. The molecule has 0 fully saturated rings. The zero-order valence-electron chi connectivity index (χ0n) is 13.0. The Bertz CT molecular complexity index is 841. The zero-order chi connectivity index (χ0) is 16.4. The van der Waals surface area contributed by atoms with E-state index in [4.69, 9.17) is 16.0 Å². The number of nitrogens with one attached hydrogen (secondary N) is 1. The Balaban J connectivity index is 1.71. The van der Waals surface area contributed by atoms with Gasteiger partial charge in [0.05, 0.1) is 11.6 Å². The van der Waals surface area contributed by atoms with Crippen molar-refractivity contribution >= 4 is 17.3 Å². The molecule has 0 saturated carbocycles. The van der Waals surface area contributed by atoms with Gasteiger partial charge in [-0.25, -0.2) is 4.39 Å². The molecule has 23 heavy (non-hydrogen) atoms. The first-order valence-electron chi connectivity index (χ1n) is 7.38. The summed E-state index contributed by atoms with van der Waals surface area (Å²) in [4.78, 5) is 0. The minimum Gasteiger partial charge on any atom is -0.459 e. The molecule has 0 bridgehead atoms. The summed E-state index contributed by atoms with van der Waals surface area (Å²) in [6.07, 6.45) is 0. The molecule has 0 aliphatic carbocycles. The first-order chi connectivity index (χ1) is 11.0. The van der Waals surface area contributed by atoms with Crippen LogP contribution in [0.2, 0.25) is 5.02 Å². The molecule has 0 amide bonds. The Morgan fingerprint density at radius 2 is 1.83 bits per heavy atom. The van der Waals surface area contributed by atoms with Crippen molar-refractivity contribution in [3.05, 3.63) is 76.3 Å². The quantitative estimate of drug-likeness (QED) is 0.638. The highest BCUT2D eigenvalue weighted by Gasteiger charge is 2.08. The first-order valence-corrected chi connectivity index (χ1v) is 7.76. The molecule has 1 aromatic heterocycles. The molecule has 1 heterocycles. The van der Waals surface area contributed by atoms with Gasteiger partial charge in [0, 0.05) is 11.3 Å². The fourth-order valence-electron chi connectivity index (χ4n) is 2.32. The Hall–Kier alpha value is -2.26. The lowest BCUT2D eigenvalue weighted by Gasteiger charge is -2.07. The molecule has 0 aliphatic rings. The van der Waals surface area contributed by atoms with Crippen molar-refractivity contribution in [2.75, 3.05) is 5.32 Å². The van der Waals surface area contributed by atoms with Crippen LogP contribution < -0.4 is 5.32 Å². The lowest BCUT2D eigenvalue weighted by Crippen LogP contribution is -1.98. The number of rotatable bonds is 4. The van der Waals surface area contributed by atoms with Gasteiger partial charge >= 0.3 is 0 Å². The summed E-state index contributed by atoms with van der Waals surface area (Å²) in [6.45, 7) is 4.76. The van der Waals surface area contributed by atoms with Crippen molar-refractivity contribution in [2.45, 2.75) is 20.4 Å². The van der Waals surface area contributed by atoms with E-state index >= 15 is 0 Å². The maximum atomic E-state index is 13.2. The van der Waals surface area contributed by atoms with Crippen LogP contribution in [0.5, 0.6) is 0 Å². The Labute approximate surface area is 139 Å². The van der Waals surface area contributed by atoms with Crippen LogP contribution in [0.1, 0.15) is 16.9 Å². The SMILES string of the molecule is Cc1ccc(NCc2ccc(-c3ccc(F)c(Cl)c3)o2)cc1C. The summed E-state index contributed by atoms with van der Waals surface area (Å²) in [7, 11) is 0. The maximum Gasteiger partial charge on any atom is 0.141 e. The van der Waals surface area contributed by atoms with Crippen LogP contribution in [0.25, 0.3) is 11.3 Å². The number of aryl methyl sites for hydroxylation is 2. The lowest BCUT2D eigenvalue weighted by atomic mass is 10.1. The largest absolute Gasteiger partial charge is 0.459 e. The van der Waals surface area contributed by atoms with Gasteiger partial charge in [-0.15, -0.1) is 0 Å². The van der Waals surface area contributed by atoms with E-state index < -0.39 is 5.82 Å². The first kappa shape index (κ1) is 15.6. The molecule has 3 aromatic rings. The average Bonchev–Trinajstić information content (AvgIpc) is 3.00. The summed E-state index contributed by atoms with van der Waals surface area (Å²) >= 11 is 5.81. The van der Waals surface area contributed by atoms with Crippen molar-refractivity contribution < 1.29 is 8.81 Å². The number of halogens is 2. The Morgan fingerprint density at radius 1 is 1.00 bits per heavy atom. The van der Waals surface area contributed by atoms with Crippen molar-refractivity contribution in [1.82, 2.24) is 0 Å². The molecule has 2 nitrogen and oxygen atoms in total. The van der Waals surface area contributed by atoms with Crippen molar-refractivity contribution in [1.29, 1.82) is 0 Å². The molecule has 4 heteroatoms. The molecule has 0 radical (unpaired) electrons. The molecular formula is C19H17ClFNO. The van der Waals surface area contributed by atoms with Crippen molar-refractivity contribution in [3.8, 4) is 11.3 Å². The summed E-state index contributed by atoms with van der Waals surface area (Å²) in [5.41, 5.74) is 4.32. The van der Waals surface area contributed by atoms with Crippen LogP contribution in [0.15, 0.2) is 52.9 Å². The van der Waals surface area contributed by atoms with Gasteiger partial charge in [-0.3, -0.25) is 0 Å². The van der Waals surface area contributed by atoms with Crippen LogP contribution in [0, 0.1) is 19.7 Å². The smallest absolute Gasteiger partial charge is 0.141 e. The van der Waals surface area contributed by atoms with Crippen LogP contribution in [0.3, 0.4) is 0 Å². The standard InChI is InChI=1S/C19H17ClFNO/c1-12-3-5-15(9-13(12)2)22-11-16-6-8-19(23-16)14-4-7-18(21)17(20)10-14/h3-10,22H,11H2,1-2H3. The minimum atomic E-state index is -0.432. The molecule has 0 spiro atoms. The van der Waals surface area contributed by atoms with E-state index in [9.17, 15) is 4.39 Å². The number of hydrogen-bond donors (Lipinski definition) is 1. The molecule has 0 saturated heterocycles. The normalized spacial score (nSPS) is 10.8. The van der Waals surface area contributed by atoms with Gasteiger partial charge in [0.2, 0.25) is 0 Å². The average molecular weight is 330 g/mol. The number of benzene rings is 2. The van der Waals surface area contributed by atoms with Gasteiger partial charge in [-0.1, -0.05) is 17.7 Å². The van der Waals surface area contributed by atoms with Gasteiger partial charge in [0.1, 0.15) is 17.3 Å². The van der Waals surface area contributed by atoms with E-state index in [0.29, 0.717) is 12.3 Å². The molecule has 0 unspecified atom stereocenters. The van der Waals surface area contributed by atoms with Gasteiger partial charge in [0.15, 0.2) is 0 Å². The number of hydrogen-bond acceptors (Lipinski definition) is 2. The molecular weight excluding hydrogens is 313 g/mol. The molecule has 3 rings (SSSR count). The predicted octanol–water partition coefficient (Wildman–Crippen LogP) is 5.97. The Morgan fingerprint density at radius 3 is 2.57 bits per heavy atom. The summed E-state index contributed by atoms with van der Waals surface area (Å²) < 4.78 is 19.0. The topological polar surface area (TPSA) is 25.2 Å². The summed E-state index contributed by atoms with van der Waals surface area (Å²) in [5.74, 6) is 1.04. The van der Waals surface area contributed by atoms with E-state index in [0.717, 1.165) is 17.0 Å². The molecule has 2 aromatic carbocycles. The third-order valence-electron chi connectivity index (χ3n) is 3.84. The fraction of sp³-hybridized carbons (Fsp3) is 0.158. The zero-order valence-corrected chi connectivity index (χ0v) is 13.7. The van der Waals surface area contributed by atoms with E-state index in [2.05, 4.69) is 31.3 Å². The number of furan rings is 1.